The van der Waals surface area contributed by atoms with Gasteiger partial charge in [0.1, 0.15) is 12.2 Å². The van der Waals surface area contributed by atoms with Crippen molar-refractivity contribution in [2.75, 3.05) is 6.61 Å². The van der Waals surface area contributed by atoms with Crippen molar-refractivity contribution in [3.63, 3.8) is 0 Å². The molecule has 202 valence electrons. The zero-order valence-corrected chi connectivity index (χ0v) is 21.9. The number of aliphatic hydroxyl groups excluding tert-OH is 1. The number of hydroxylamine groups is 1. The van der Waals surface area contributed by atoms with E-state index in [1.54, 1.807) is 0 Å². The first-order valence-corrected chi connectivity index (χ1v) is 13.1. The van der Waals surface area contributed by atoms with Crippen LogP contribution in [-0.2, 0) is 40.6 Å². The van der Waals surface area contributed by atoms with Gasteiger partial charge in [-0.3, -0.25) is 0 Å². The molecule has 0 bridgehead atoms. The highest BCUT2D eigenvalue weighted by atomic mass is 16.6. The molecule has 4 rings (SSSR count). The normalized spacial score (nSPS) is 14.0. The van der Waals surface area contributed by atoms with Crippen molar-refractivity contribution in [2.45, 2.75) is 44.7 Å². The lowest BCUT2D eigenvalue weighted by atomic mass is 10.1. The van der Waals surface area contributed by atoms with Crippen LogP contribution in [0.2, 0.25) is 0 Å². The molecule has 0 aliphatic carbocycles. The topological polar surface area (TPSA) is 74.0 Å². The number of hydrogen-bond donors (Lipinski definition) is 1. The first-order valence-electron chi connectivity index (χ1n) is 13.1. The first kappa shape index (κ1) is 28.2. The zero-order valence-electron chi connectivity index (χ0n) is 21.9. The average molecular weight is 526 g/mol. The predicted molar refractivity (Wildman–Crippen MR) is 152 cm³/mol. The fourth-order valence-corrected chi connectivity index (χ4v) is 4.13. The molecule has 6 heteroatoms. The van der Waals surface area contributed by atoms with Gasteiger partial charge in [0.05, 0.1) is 26.4 Å². The molecule has 0 spiro atoms. The maximum Gasteiger partial charge on any atom is 0.183 e. The Morgan fingerprint density at radius 3 is 1.56 bits per heavy atom. The Morgan fingerprint density at radius 1 is 0.615 bits per heavy atom. The number of benzene rings is 4. The van der Waals surface area contributed by atoms with E-state index < -0.39 is 18.3 Å². The zero-order chi connectivity index (χ0) is 27.1. The van der Waals surface area contributed by atoms with Gasteiger partial charge in [0.2, 0.25) is 0 Å². The third-order valence-corrected chi connectivity index (χ3v) is 6.17. The SMILES string of the molecule is [O-]/[N+](=C\[C@@H](OCc1ccccc1)[C@H](OCc1ccccc1)[C@H](O)COCc1ccccc1)Cc1ccccc1. The summed E-state index contributed by atoms with van der Waals surface area (Å²) in [5.74, 6) is 0. The van der Waals surface area contributed by atoms with Crippen LogP contribution < -0.4 is 0 Å². The third kappa shape index (κ3) is 9.78. The molecule has 1 N–H and O–H groups in total. The Kier molecular flexibility index (Phi) is 11.3. The Labute approximate surface area is 230 Å². The highest BCUT2D eigenvalue weighted by Gasteiger charge is 2.32. The summed E-state index contributed by atoms with van der Waals surface area (Å²) in [7, 11) is 0. The summed E-state index contributed by atoms with van der Waals surface area (Å²) in [4.78, 5) is 0. The highest BCUT2D eigenvalue weighted by molar-refractivity contribution is 5.59. The maximum atomic E-state index is 13.0. The second-order valence-electron chi connectivity index (χ2n) is 9.30. The molecule has 0 unspecified atom stereocenters. The van der Waals surface area contributed by atoms with E-state index in [-0.39, 0.29) is 26.4 Å². The summed E-state index contributed by atoms with van der Waals surface area (Å²) in [6.07, 6.45) is -1.27. The van der Waals surface area contributed by atoms with Crippen molar-refractivity contribution >= 4 is 6.21 Å². The summed E-state index contributed by atoms with van der Waals surface area (Å²) in [6.45, 7) is 1.02. The summed E-state index contributed by atoms with van der Waals surface area (Å²) in [6, 6.07) is 38.7. The molecule has 0 radical (unpaired) electrons. The Hall–Kier alpha value is -3.81. The Bertz CT molecular complexity index is 1240. The number of nitrogens with zero attached hydrogens (tertiary/aromatic N) is 1. The van der Waals surface area contributed by atoms with Crippen LogP contribution in [-0.4, -0.2) is 41.0 Å². The van der Waals surface area contributed by atoms with Gasteiger partial charge in [-0.05, 0) is 16.7 Å². The fraction of sp³-hybridized carbons (Fsp3) is 0.242. The van der Waals surface area contributed by atoms with Gasteiger partial charge in [-0.15, -0.1) is 0 Å². The molecule has 39 heavy (non-hydrogen) atoms. The standard InChI is InChI=1S/C33H35NO5/c35-31(26-37-23-28-15-7-2-8-16-28)33(39-25-30-19-11-4-12-20-30)32(38-24-29-17-9-3-10-18-29)22-34(36)21-27-13-5-1-6-14-27/h1-20,22,31-33,35H,21,23-26H2/b34-22-/t31-,32-,33-/m1/s1. The molecule has 0 fully saturated rings. The smallest absolute Gasteiger partial charge is 0.183 e. The summed E-state index contributed by atoms with van der Waals surface area (Å²) < 4.78 is 19.1. The van der Waals surface area contributed by atoms with Crippen LogP contribution >= 0.6 is 0 Å². The average Bonchev–Trinajstić information content (AvgIpc) is 2.98. The van der Waals surface area contributed by atoms with E-state index in [2.05, 4.69) is 0 Å². The minimum absolute atomic E-state index is 0.0188. The largest absolute Gasteiger partial charge is 0.624 e. The molecule has 0 saturated carbocycles. The van der Waals surface area contributed by atoms with Gasteiger partial charge in [-0.25, -0.2) is 4.74 Å². The van der Waals surface area contributed by atoms with E-state index in [9.17, 15) is 10.3 Å². The monoisotopic (exact) mass is 525 g/mol. The number of ether oxygens (including phenoxy) is 3. The van der Waals surface area contributed by atoms with E-state index in [0.29, 0.717) is 6.61 Å². The van der Waals surface area contributed by atoms with Crippen molar-refractivity contribution in [1.82, 2.24) is 0 Å². The summed E-state index contributed by atoms with van der Waals surface area (Å²) in [5.41, 5.74) is 3.78. The second kappa shape index (κ2) is 15.6. The van der Waals surface area contributed by atoms with Gasteiger partial charge < -0.3 is 24.5 Å². The van der Waals surface area contributed by atoms with Crippen molar-refractivity contribution in [3.8, 4) is 0 Å². The van der Waals surface area contributed by atoms with E-state index in [1.807, 2.05) is 121 Å². The van der Waals surface area contributed by atoms with Crippen molar-refractivity contribution in [3.05, 3.63) is 149 Å². The van der Waals surface area contributed by atoms with E-state index >= 15 is 0 Å². The molecule has 0 amide bonds. The van der Waals surface area contributed by atoms with Crippen molar-refractivity contribution in [1.29, 1.82) is 0 Å². The molecular weight excluding hydrogens is 490 g/mol. The van der Waals surface area contributed by atoms with Crippen LogP contribution in [0.5, 0.6) is 0 Å². The molecule has 4 aromatic carbocycles. The minimum Gasteiger partial charge on any atom is -0.624 e. The highest BCUT2D eigenvalue weighted by Crippen LogP contribution is 2.16. The minimum atomic E-state index is -1.04. The summed E-state index contributed by atoms with van der Waals surface area (Å²) in [5, 5.41) is 24.3. The Balaban J connectivity index is 1.53. The lowest BCUT2D eigenvalue weighted by Gasteiger charge is -2.28. The number of aliphatic hydroxyl groups is 1. The summed E-state index contributed by atoms with van der Waals surface area (Å²) >= 11 is 0. The molecule has 0 aromatic heterocycles. The predicted octanol–water partition coefficient (Wildman–Crippen LogP) is 5.52. The van der Waals surface area contributed by atoms with Gasteiger partial charge in [0, 0.05) is 5.56 Å². The van der Waals surface area contributed by atoms with E-state index in [1.165, 1.54) is 6.21 Å². The Morgan fingerprint density at radius 2 is 1.05 bits per heavy atom. The molecule has 3 atom stereocenters. The molecule has 0 aliphatic rings. The van der Waals surface area contributed by atoms with Crippen LogP contribution in [0, 0.1) is 5.21 Å². The van der Waals surface area contributed by atoms with Gasteiger partial charge >= 0.3 is 0 Å². The molecule has 0 aliphatic heterocycles. The van der Waals surface area contributed by atoms with Crippen molar-refractivity contribution < 1.29 is 24.1 Å². The molecule has 0 saturated heterocycles. The van der Waals surface area contributed by atoms with Gasteiger partial charge in [-0.1, -0.05) is 121 Å². The quantitative estimate of drug-likeness (QED) is 0.0958. The van der Waals surface area contributed by atoms with Gasteiger partial charge in [-0.2, -0.15) is 0 Å². The van der Waals surface area contributed by atoms with E-state index in [0.717, 1.165) is 27.0 Å². The molecule has 4 aromatic rings. The van der Waals surface area contributed by atoms with E-state index in [4.69, 9.17) is 14.2 Å². The number of hydrogen-bond acceptors (Lipinski definition) is 5. The first-order chi connectivity index (χ1) is 19.2. The molecule has 0 heterocycles. The third-order valence-electron chi connectivity index (χ3n) is 6.17. The van der Waals surface area contributed by atoms with Crippen LogP contribution in [0.3, 0.4) is 0 Å². The van der Waals surface area contributed by atoms with Crippen LogP contribution in [0.15, 0.2) is 121 Å². The number of rotatable bonds is 15. The van der Waals surface area contributed by atoms with Crippen LogP contribution in [0.25, 0.3) is 0 Å². The lowest BCUT2D eigenvalue weighted by Crippen LogP contribution is -2.45. The maximum absolute atomic E-state index is 13.0. The molecule has 6 nitrogen and oxygen atoms in total. The fourth-order valence-electron chi connectivity index (χ4n) is 4.13. The van der Waals surface area contributed by atoms with Gasteiger partial charge in [0.25, 0.3) is 0 Å². The van der Waals surface area contributed by atoms with Crippen molar-refractivity contribution in [2.24, 2.45) is 0 Å². The van der Waals surface area contributed by atoms with Crippen LogP contribution in [0.4, 0.5) is 0 Å². The lowest BCUT2D eigenvalue weighted by molar-refractivity contribution is -0.473. The van der Waals surface area contributed by atoms with Gasteiger partial charge in [0.15, 0.2) is 18.9 Å². The molecular formula is C33H35NO5. The van der Waals surface area contributed by atoms with Crippen LogP contribution in [0.1, 0.15) is 22.3 Å². The second-order valence-corrected chi connectivity index (χ2v) is 9.30.